The van der Waals surface area contributed by atoms with Gasteiger partial charge < -0.3 is 14.4 Å². The molecule has 5 nitrogen and oxygen atoms in total. The maximum absolute atomic E-state index is 5.58. The van der Waals surface area contributed by atoms with Crippen molar-refractivity contribution in [3.05, 3.63) is 23.8 Å². The van der Waals surface area contributed by atoms with Crippen LogP contribution in [-0.4, -0.2) is 39.8 Å². The van der Waals surface area contributed by atoms with E-state index in [4.69, 9.17) is 15.3 Å². The molecule has 0 aliphatic rings. The van der Waals surface area contributed by atoms with Crippen LogP contribution in [0.1, 0.15) is 11.6 Å². The summed E-state index contributed by atoms with van der Waals surface area (Å²) < 4.78 is 10.5. The first-order chi connectivity index (χ1) is 8.12. The quantitative estimate of drug-likeness (QED) is 0.567. The van der Waals surface area contributed by atoms with Crippen molar-refractivity contribution in [3.8, 4) is 11.5 Å². The van der Waals surface area contributed by atoms with Crippen LogP contribution in [0, 0.1) is 0 Å². The molecule has 0 aliphatic heterocycles. The molecule has 0 amide bonds. The van der Waals surface area contributed by atoms with Crippen LogP contribution in [0.15, 0.2) is 18.2 Å². The number of nitrogens with one attached hydrogen (secondary N) is 1. The summed E-state index contributed by atoms with van der Waals surface area (Å²) in [5.74, 6) is 7.13. The maximum atomic E-state index is 5.58. The highest BCUT2D eigenvalue weighted by Crippen LogP contribution is 2.29. The topological polar surface area (TPSA) is 59.8 Å². The van der Waals surface area contributed by atoms with E-state index in [-0.39, 0.29) is 6.04 Å². The van der Waals surface area contributed by atoms with Gasteiger partial charge in [0.2, 0.25) is 0 Å². The molecule has 0 radical (unpaired) electrons. The third kappa shape index (κ3) is 3.59. The molecular weight excluding hydrogens is 218 g/mol. The number of methoxy groups -OCH3 is 2. The van der Waals surface area contributed by atoms with Gasteiger partial charge in [0.05, 0.1) is 20.3 Å². The summed E-state index contributed by atoms with van der Waals surface area (Å²) in [6.07, 6.45) is 0. The van der Waals surface area contributed by atoms with E-state index in [1.807, 2.05) is 32.3 Å². The number of likely N-dealkylation sites (N-methyl/N-ethyl adjacent to an activating group) is 1. The number of rotatable bonds is 6. The molecule has 5 heteroatoms. The van der Waals surface area contributed by atoms with Gasteiger partial charge in [-0.1, -0.05) is 0 Å². The number of hydrogen-bond donors (Lipinski definition) is 2. The monoisotopic (exact) mass is 239 g/mol. The fourth-order valence-corrected chi connectivity index (χ4v) is 1.71. The summed E-state index contributed by atoms with van der Waals surface area (Å²) in [6, 6.07) is 5.74. The molecule has 1 aromatic rings. The van der Waals surface area contributed by atoms with Gasteiger partial charge in [0.15, 0.2) is 0 Å². The van der Waals surface area contributed by atoms with Crippen LogP contribution < -0.4 is 20.7 Å². The van der Waals surface area contributed by atoms with Gasteiger partial charge >= 0.3 is 0 Å². The molecule has 17 heavy (non-hydrogen) atoms. The smallest absolute Gasteiger partial charge is 0.127 e. The minimum absolute atomic E-state index is 0.0193. The molecule has 0 bridgehead atoms. The van der Waals surface area contributed by atoms with E-state index in [0.29, 0.717) is 0 Å². The van der Waals surface area contributed by atoms with Crippen LogP contribution in [-0.2, 0) is 0 Å². The van der Waals surface area contributed by atoms with Crippen LogP contribution in [0.5, 0.6) is 11.5 Å². The zero-order chi connectivity index (χ0) is 12.8. The van der Waals surface area contributed by atoms with Crippen molar-refractivity contribution in [2.45, 2.75) is 6.04 Å². The van der Waals surface area contributed by atoms with Gasteiger partial charge in [0, 0.05) is 18.2 Å². The molecule has 1 rings (SSSR count). The van der Waals surface area contributed by atoms with Crippen LogP contribution in [0.2, 0.25) is 0 Å². The zero-order valence-corrected chi connectivity index (χ0v) is 10.9. The zero-order valence-electron chi connectivity index (χ0n) is 10.9. The molecule has 0 saturated heterocycles. The standard InChI is InChI=1S/C12H21N3O2/c1-15(2)8-11(14-13)10-6-5-9(16-3)7-12(10)17-4/h5-7,11,14H,8,13H2,1-4H3. The largest absolute Gasteiger partial charge is 0.497 e. The van der Waals surface area contributed by atoms with Crippen LogP contribution in [0.4, 0.5) is 0 Å². The Morgan fingerprint density at radius 3 is 2.47 bits per heavy atom. The van der Waals surface area contributed by atoms with Gasteiger partial charge in [-0.3, -0.25) is 11.3 Å². The predicted molar refractivity (Wildman–Crippen MR) is 68.2 cm³/mol. The van der Waals surface area contributed by atoms with Crippen molar-refractivity contribution in [1.82, 2.24) is 10.3 Å². The van der Waals surface area contributed by atoms with Crippen molar-refractivity contribution in [2.24, 2.45) is 5.84 Å². The lowest BCUT2D eigenvalue weighted by molar-refractivity contribution is 0.332. The van der Waals surface area contributed by atoms with Crippen LogP contribution in [0.25, 0.3) is 0 Å². The van der Waals surface area contributed by atoms with Gasteiger partial charge in [-0.05, 0) is 26.2 Å². The Labute approximate surface area is 102 Å². The molecule has 0 saturated carbocycles. The molecule has 1 unspecified atom stereocenters. The second-order valence-electron chi connectivity index (χ2n) is 4.09. The van der Waals surface area contributed by atoms with E-state index in [0.717, 1.165) is 23.6 Å². The van der Waals surface area contributed by atoms with Gasteiger partial charge in [0.1, 0.15) is 11.5 Å². The maximum Gasteiger partial charge on any atom is 0.127 e. The first-order valence-corrected chi connectivity index (χ1v) is 5.45. The Bertz CT molecular complexity index is 356. The van der Waals surface area contributed by atoms with E-state index in [1.165, 1.54) is 0 Å². The molecule has 0 spiro atoms. The third-order valence-corrected chi connectivity index (χ3v) is 2.56. The van der Waals surface area contributed by atoms with Crippen LogP contribution in [0.3, 0.4) is 0 Å². The number of benzene rings is 1. The van der Waals surface area contributed by atoms with Crippen molar-refractivity contribution in [1.29, 1.82) is 0 Å². The summed E-state index contributed by atoms with van der Waals surface area (Å²) in [4.78, 5) is 2.06. The van der Waals surface area contributed by atoms with E-state index < -0.39 is 0 Å². The lowest BCUT2D eigenvalue weighted by Gasteiger charge is -2.22. The van der Waals surface area contributed by atoms with Crippen LogP contribution >= 0.6 is 0 Å². The van der Waals surface area contributed by atoms with Crippen molar-refractivity contribution in [3.63, 3.8) is 0 Å². The predicted octanol–water partition coefficient (Wildman–Crippen LogP) is 0.770. The van der Waals surface area contributed by atoms with Crippen molar-refractivity contribution in [2.75, 3.05) is 34.9 Å². The average Bonchev–Trinajstić information content (AvgIpc) is 2.35. The van der Waals surface area contributed by atoms with Gasteiger partial charge in [-0.25, -0.2) is 0 Å². The van der Waals surface area contributed by atoms with E-state index in [9.17, 15) is 0 Å². The second-order valence-corrected chi connectivity index (χ2v) is 4.09. The Balaban J connectivity index is 3.01. The number of nitrogens with two attached hydrogens (primary N) is 1. The molecule has 0 aromatic heterocycles. The molecule has 3 N–H and O–H groups in total. The highest BCUT2D eigenvalue weighted by molar-refractivity contribution is 5.42. The Morgan fingerprint density at radius 1 is 1.29 bits per heavy atom. The SMILES string of the molecule is COc1ccc(C(CN(C)C)NN)c(OC)c1. The number of ether oxygens (including phenoxy) is 2. The molecule has 1 atom stereocenters. The molecule has 0 fully saturated rings. The molecule has 96 valence electrons. The third-order valence-electron chi connectivity index (χ3n) is 2.56. The minimum atomic E-state index is 0.0193. The fraction of sp³-hybridized carbons (Fsp3) is 0.500. The Kier molecular flexibility index (Phi) is 5.21. The van der Waals surface area contributed by atoms with Crippen molar-refractivity contribution < 1.29 is 9.47 Å². The normalized spacial score (nSPS) is 12.6. The first-order valence-electron chi connectivity index (χ1n) is 5.45. The second kappa shape index (κ2) is 6.44. The summed E-state index contributed by atoms with van der Waals surface area (Å²) >= 11 is 0. The van der Waals surface area contributed by atoms with Gasteiger partial charge in [-0.15, -0.1) is 0 Å². The number of hydrazine groups is 1. The van der Waals surface area contributed by atoms with E-state index >= 15 is 0 Å². The molecule has 0 heterocycles. The Morgan fingerprint density at radius 2 is 2.00 bits per heavy atom. The van der Waals surface area contributed by atoms with Gasteiger partial charge in [0.25, 0.3) is 0 Å². The van der Waals surface area contributed by atoms with Crippen molar-refractivity contribution >= 4 is 0 Å². The minimum Gasteiger partial charge on any atom is -0.497 e. The molecule has 0 aliphatic carbocycles. The highest BCUT2D eigenvalue weighted by Gasteiger charge is 2.16. The molecular formula is C12H21N3O2. The lowest BCUT2D eigenvalue weighted by Crippen LogP contribution is -2.35. The summed E-state index contributed by atoms with van der Waals surface area (Å²) in [5, 5.41) is 0. The van der Waals surface area contributed by atoms with E-state index in [2.05, 4.69) is 10.3 Å². The molecule has 1 aromatic carbocycles. The fourth-order valence-electron chi connectivity index (χ4n) is 1.71. The first kappa shape index (κ1) is 13.8. The summed E-state index contributed by atoms with van der Waals surface area (Å²) in [7, 11) is 7.27. The number of nitrogens with zero attached hydrogens (tertiary/aromatic N) is 1. The number of hydrogen-bond acceptors (Lipinski definition) is 5. The Hall–Kier alpha value is -1.30. The summed E-state index contributed by atoms with van der Waals surface area (Å²) in [6.45, 7) is 0.791. The highest BCUT2D eigenvalue weighted by atomic mass is 16.5. The summed E-state index contributed by atoms with van der Waals surface area (Å²) in [5.41, 5.74) is 3.82. The lowest BCUT2D eigenvalue weighted by atomic mass is 10.1. The average molecular weight is 239 g/mol. The van der Waals surface area contributed by atoms with Gasteiger partial charge in [-0.2, -0.15) is 0 Å². The van der Waals surface area contributed by atoms with E-state index in [1.54, 1.807) is 14.2 Å².